The Bertz CT molecular complexity index is 1740. The van der Waals surface area contributed by atoms with Gasteiger partial charge < -0.3 is 65.1 Å². The minimum absolute atomic E-state index is 0.244. The lowest BCUT2D eigenvalue weighted by Crippen LogP contribution is -2.65. The average Bonchev–Trinajstić information content (AvgIpc) is 3.22. The summed E-state index contributed by atoms with van der Waals surface area (Å²) in [4.78, 5) is 13.3. The van der Waals surface area contributed by atoms with Gasteiger partial charge in [-0.05, 0) is 77.0 Å². The highest BCUT2D eigenvalue weighted by Gasteiger charge is 2.51. The molecule has 2 saturated heterocycles. The van der Waals surface area contributed by atoms with Crippen molar-refractivity contribution in [1.82, 2.24) is 5.32 Å². The number of hydrogen-bond donors (Lipinski definition) is 9. The van der Waals surface area contributed by atoms with Crippen molar-refractivity contribution in [3.8, 4) is 0 Å². The molecule has 0 radical (unpaired) electrons. The summed E-state index contributed by atoms with van der Waals surface area (Å²) < 4.78 is 22.8. The van der Waals surface area contributed by atoms with Gasteiger partial charge in [0.25, 0.3) is 0 Å². The third-order valence-corrected chi connectivity index (χ3v) is 15.3. The molecular formula is C68H117NO13. The Hall–Kier alpha value is -3.09. The SMILES string of the molecule is CC/C=C\C/C=C\C/C=C\C/C=C\C/C=C\C/C=C\C/C=C\CCCCCCCCCCCCCCCCCC(=O)NC(COC1OC(CO)C(OC2OC(CO)C(O)C(O)C2O)C(O)C1O)C(O)/C=C/CCCCCCCCCCC. The Morgan fingerprint density at radius 2 is 0.841 bits per heavy atom. The molecule has 2 aliphatic rings. The maximum Gasteiger partial charge on any atom is 0.220 e. The fourth-order valence-electron chi connectivity index (χ4n) is 10.1. The van der Waals surface area contributed by atoms with Crippen molar-refractivity contribution < 1.29 is 64.6 Å². The van der Waals surface area contributed by atoms with E-state index in [0.29, 0.717) is 6.42 Å². The third-order valence-electron chi connectivity index (χ3n) is 15.3. The second-order valence-corrected chi connectivity index (χ2v) is 22.5. The largest absolute Gasteiger partial charge is 0.394 e. The Balaban J connectivity index is 1.59. The highest BCUT2D eigenvalue weighted by Crippen LogP contribution is 2.30. The van der Waals surface area contributed by atoms with E-state index in [1.807, 2.05) is 6.08 Å². The Morgan fingerprint density at radius 3 is 1.29 bits per heavy atom. The maximum absolute atomic E-state index is 13.3. The normalized spacial score (nSPS) is 24.6. The highest BCUT2D eigenvalue weighted by molar-refractivity contribution is 5.76. The van der Waals surface area contributed by atoms with Gasteiger partial charge in [-0.2, -0.15) is 0 Å². The lowest BCUT2D eigenvalue weighted by molar-refractivity contribution is -0.359. The Kier molecular flexibility index (Phi) is 47.8. The molecule has 2 rings (SSSR count). The van der Waals surface area contributed by atoms with Crippen LogP contribution in [0.1, 0.15) is 232 Å². The monoisotopic (exact) mass is 1160 g/mol. The van der Waals surface area contributed by atoms with Crippen molar-refractivity contribution in [3.63, 3.8) is 0 Å². The third kappa shape index (κ3) is 36.7. The van der Waals surface area contributed by atoms with E-state index in [1.165, 1.54) is 122 Å². The zero-order valence-electron chi connectivity index (χ0n) is 50.9. The maximum atomic E-state index is 13.3. The number of carbonyl (C=O) groups excluding carboxylic acids is 1. The summed E-state index contributed by atoms with van der Waals surface area (Å²) in [5.74, 6) is -0.244. The molecule has 9 N–H and O–H groups in total. The van der Waals surface area contributed by atoms with E-state index in [1.54, 1.807) is 6.08 Å². The van der Waals surface area contributed by atoms with Crippen molar-refractivity contribution in [2.24, 2.45) is 0 Å². The lowest BCUT2D eigenvalue weighted by atomic mass is 9.97. The highest BCUT2D eigenvalue weighted by atomic mass is 16.7. The van der Waals surface area contributed by atoms with Gasteiger partial charge in [-0.15, -0.1) is 0 Å². The summed E-state index contributed by atoms with van der Waals surface area (Å²) in [6, 6.07) is -0.917. The predicted molar refractivity (Wildman–Crippen MR) is 332 cm³/mol. The number of allylic oxidation sites excluding steroid dienone is 15. The summed E-state index contributed by atoms with van der Waals surface area (Å²) in [5, 5.41) is 87.0. The molecule has 1 amide bonds. The van der Waals surface area contributed by atoms with E-state index >= 15 is 0 Å². The van der Waals surface area contributed by atoms with Crippen LogP contribution in [0.2, 0.25) is 0 Å². The van der Waals surface area contributed by atoms with Gasteiger partial charge in [-0.25, -0.2) is 0 Å². The minimum atomic E-state index is -1.79. The van der Waals surface area contributed by atoms with Crippen LogP contribution in [0.4, 0.5) is 0 Å². The van der Waals surface area contributed by atoms with Crippen LogP contribution < -0.4 is 5.32 Å². The first-order valence-electron chi connectivity index (χ1n) is 32.5. The summed E-state index contributed by atoms with van der Waals surface area (Å²) in [6.45, 7) is 2.66. The number of unbranched alkanes of at least 4 members (excludes halogenated alkanes) is 24. The van der Waals surface area contributed by atoms with Crippen molar-refractivity contribution in [2.75, 3.05) is 19.8 Å². The van der Waals surface area contributed by atoms with Crippen LogP contribution in [0.5, 0.6) is 0 Å². The molecule has 2 aliphatic heterocycles. The Labute approximate surface area is 496 Å². The van der Waals surface area contributed by atoms with Gasteiger partial charge in [0.05, 0.1) is 32.0 Å². The number of hydrogen-bond acceptors (Lipinski definition) is 13. The molecule has 0 bridgehead atoms. The van der Waals surface area contributed by atoms with Gasteiger partial charge in [-0.1, -0.05) is 246 Å². The van der Waals surface area contributed by atoms with Gasteiger partial charge in [0.15, 0.2) is 12.6 Å². The zero-order chi connectivity index (χ0) is 59.5. The van der Waals surface area contributed by atoms with Gasteiger partial charge in [0.1, 0.15) is 48.8 Å². The molecule has 0 saturated carbocycles. The summed E-state index contributed by atoms with van der Waals surface area (Å²) in [7, 11) is 0. The van der Waals surface area contributed by atoms with Crippen LogP contribution in [0.25, 0.3) is 0 Å². The molecule has 0 spiro atoms. The fourth-order valence-corrected chi connectivity index (χ4v) is 10.1. The van der Waals surface area contributed by atoms with E-state index in [-0.39, 0.29) is 18.9 Å². The smallest absolute Gasteiger partial charge is 0.220 e. The molecule has 12 unspecified atom stereocenters. The second kappa shape index (κ2) is 52.3. The first-order chi connectivity index (χ1) is 40.1. The molecule has 2 heterocycles. The van der Waals surface area contributed by atoms with Crippen molar-refractivity contribution in [3.05, 3.63) is 97.2 Å². The number of aliphatic hydroxyl groups is 8. The second-order valence-electron chi connectivity index (χ2n) is 22.5. The molecule has 2 fully saturated rings. The molecule has 12 atom stereocenters. The lowest BCUT2D eigenvalue weighted by Gasteiger charge is -2.46. The van der Waals surface area contributed by atoms with Crippen LogP contribution in [0, 0.1) is 0 Å². The van der Waals surface area contributed by atoms with Crippen molar-refractivity contribution in [1.29, 1.82) is 0 Å². The Morgan fingerprint density at radius 1 is 0.451 bits per heavy atom. The van der Waals surface area contributed by atoms with Crippen molar-refractivity contribution >= 4 is 5.91 Å². The molecule has 472 valence electrons. The summed E-state index contributed by atoms with van der Waals surface area (Å²) in [5.41, 5.74) is 0. The van der Waals surface area contributed by atoms with Gasteiger partial charge in [0.2, 0.25) is 5.91 Å². The first kappa shape index (κ1) is 75.0. The van der Waals surface area contributed by atoms with Gasteiger partial charge >= 0.3 is 0 Å². The fraction of sp³-hybridized carbons (Fsp3) is 0.750. The molecule has 14 heteroatoms. The quantitative estimate of drug-likeness (QED) is 0.0204. The zero-order valence-corrected chi connectivity index (χ0v) is 50.9. The van der Waals surface area contributed by atoms with E-state index in [0.717, 1.165) is 83.5 Å². The number of amides is 1. The van der Waals surface area contributed by atoms with Gasteiger partial charge in [0, 0.05) is 6.42 Å². The van der Waals surface area contributed by atoms with E-state index < -0.39 is 86.8 Å². The number of carbonyl (C=O) groups is 1. The van der Waals surface area contributed by atoms with Crippen LogP contribution >= 0.6 is 0 Å². The molecule has 0 aliphatic carbocycles. The molecule has 14 nitrogen and oxygen atoms in total. The van der Waals surface area contributed by atoms with Crippen LogP contribution in [-0.2, 0) is 23.7 Å². The standard InChI is InChI=1S/C68H117NO13/c1-3-5-7-9-11-13-15-16-17-18-19-20-21-22-23-24-25-26-27-28-29-30-31-32-33-34-35-36-37-38-39-40-42-44-46-48-50-52-60(73)69-56(57(72)51-49-47-45-43-41-14-12-10-8-6-4-2)55-79-67-65(78)63(76)66(59(54-71)81-67)82-68-64(77)62(75)61(74)58(53-70)80-68/h5,7,11,13,16-17,19-20,22-23,25-26,28-29,49,51,56-59,61-68,70-72,74-78H,3-4,6,8-10,12,14-15,18,21,24,27,30-48,50,52-55H2,1-2H3,(H,69,73)/b7-5-,13-11-,17-16-,20-19-,23-22-,26-25-,29-28-,51-49+. The molecule has 0 aromatic rings. The van der Waals surface area contributed by atoms with Gasteiger partial charge in [-0.3, -0.25) is 4.79 Å². The average molecular weight is 1160 g/mol. The molecular weight excluding hydrogens is 1040 g/mol. The number of rotatable bonds is 51. The van der Waals surface area contributed by atoms with Crippen LogP contribution in [0.3, 0.4) is 0 Å². The minimum Gasteiger partial charge on any atom is -0.394 e. The van der Waals surface area contributed by atoms with Crippen LogP contribution in [-0.4, -0.2) is 140 Å². The van der Waals surface area contributed by atoms with E-state index in [2.05, 4.69) is 104 Å². The van der Waals surface area contributed by atoms with Crippen LogP contribution in [0.15, 0.2) is 97.2 Å². The molecule has 0 aromatic carbocycles. The number of nitrogens with one attached hydrogen (secondary N) is 1. The summed E-state index contributed by atoms with van der Waals surface area (Å²) >= 11 is 0. The molecule has 0 aromatic heterocycles. The summed E-state index contributed by atoms with van der Waals surface area (Å²) in [6.07, 6.45) is 56.2. The predicted octanol–water partition coefficient (Wildman–Crippen LogP) is 12.2. The van der Waals surface area contributed by atoms with E-state index in [4.69, 9.17) is 18.9 Å². The first-order valence-corrected chi connectivity index (χ1v) is 32.5. The van der Waals surface area contributed by atoms with E-state index in [9.17, 15) is 45.6 Å². The molecule has 82 heavy (non-hydrogen) atoms. The topological polar surface area (TPSA) is 228 Å². The number of aliphatic hydroxyl groups excluding tert-OH is 8. The number of ether oxygens (including phenoxy) is 4. The van der Waals surface area contributed by atoms with Crippen molar-refractivity contribution in [2.45, 2.75) is 306 Å².